The van der Waals surface area contributed by atoms with Crippen molar-refractivity contribution in [1.29, 1.82) is 0 Å². The molecule has 2 aromatic heterocycles. The maximum atomic E-state index is 12.2. The number of amides is 1. The predicted molar refractivity (Wildman–Crippen MR) is 89.1 cm³/mol. The monoisotopic (exact) mass is 335 g/mol. The predicted octanol–water partition coefficient (Wildman–Crippen LogP) is 1.32. The van der Waals surface area contributed by atoms with Crippen molar-refractivity contribution < 1.29 is 4.79 Å². The number of carbonyl (C=O) groups is 1. The van der Waals surface area contributed by atoms with Gasteiger partial charge in [-0.25, -0.2) is 14.6 Å². The molecule has 0 bridgehead atoms. The van der Waals surface area contributed by atoms with Gasteiger partial charge in [-0.1, -0.05) is 30.3 Å². The molecule has 8 nitrogen and oxygen atoms in total. The van der Waals surface area contributed by atoms with Crippen molar-refractivity contribution in [3.05, 3.63) is 54.1 Å². The highest BCUT2D eigenvalue weighted by Gasteiger charge is 2.24. The van der Waals surface area contributed by atoms with Crippen LogP contribution >= 0.6 is 0 Å². The van der Waals surface area contributed by atoms with Gasteiger partial charge in [0.15, 0.2) is 5.82 Å². The minimum atomic E-state index is -0.128. The Hall–Kier alpha value is -3.16. The lowest BCUT2D eigenvalue weighted by atomic mass is 9.92. The number of nitrogens with zero attached hydrogens (tertiary/aromatic N) is 6. The van der Waals surface area contributed by atoms with Gasteiger partial charge >= 0.3 is 0 Å². The second-order valence-electron chi connectivity index (χ2n) is 5.98. The summed E-state index contributed by atoms with van der Waals surface area (Å²) in [7, 11) is 0. The number of fused-ring (bicyclic) bond motifs is 1. The van der Waals surface area contributed by atoms with Crippen LogP contribution in [0.4, 0.5) is 0 Å². The number of hydrogen-bond donors (Lipinski definition) is 1. The maximum absolute atomic E-state index is 12.2. The van der Waals surface area contributed by atoms with Gasteiger partial charge in [0.1, 0.15) is 12.9 Å². The smallest absolute Gasteiger partial charge is 0.242 e. The quantitative estimate of drug-likeness (QED) is 0.772. The fourth-order valence-corrected chi connectivity index (χ4v) is 3.06. The van der Waals surface area contributed by atoms with E-state index >= 15 is 0 Å². The molecular formula is C17H17N7O. The molecule has 8 heteroatoms. The number of aryl methyl sites for hydroxylation is 1. The van der Waals surface area contributed by atoms with Gasteiger partial charge in [-0.3, -0.25) is 4.79 Å². The summed E-state index contributed by atoms with van der Waals surface area (Å²) in [5.41, 5.74) is 3.00. The van der Waals surface area contributed by atoms with Crippen molar-refractivity contribution in [1.82, 2.24) is 35.5 Å². The first-order valence-corrected chi connectivity index (χ1v) is 8.21. The minimum Gasteiger partial charge on any atom is -0.348 e. The van der Waals surface area contributed by atoms with Crippen LogP contribution in [0.25, 0.3) is 11.4 Å². The highest BCUT2D eigenvalue weighted by atomic mass is 16.2. The van der Waals surface area contributed by atoms with E-state index in [0.29, 0.717) is 0 Å². The Morgan fingerprint density at radius 2 is 2.16 bits per heavy atom. The zero-order valence-corrected chi connectivity index (χ0v) is 13.5. The van der Waals surface area contributed by atoms with Crippen LogP contribution in [-0.2, 0) is 17.8 Å². The van der Waals surface area contributed by atoms with Gasteiger partial charge in [-0.2, -0.15) is 0 Å². The first-order chi connectivity index (χ1) is 12.3. The largest absolute Gasteiger partial charge is 0.348 e. The van der Waals surface area contributed by atoms with Gasteiger partial charge in [0.05, 0.1) is 6.04 Å². The number of rotatable bonds is 4. The third kappa shape index (κ3) is 3.37. The lowest BCUT2D eigenvalue weighted by Gasteiger charge is -2.25. The molecule has 0 spiro atoms. The number of hydrogen-bond acceptors (Lipinski definition) is 6. The Morgan fingerprint density at radius 1 is 1.28 bits per heavy atom. The van der Waals surface area contributed by atoms with Crippen LogP contribution in [0, 0.1) is 0 Å². The second kappa shape index (κ2) is 6.76. The summed E-state index contributed by atoms with van der Waals surface area (Å²) in [6, 6.07) is 9.84. The summed E-state index contributed by atoms with van der Waals surface area (Å²) < 4.78 is 1.40. The van der Waals surface area contributed by atoms with Crippen molar-refractivity contribution in [2.24, 2.45) is 0 Å². The Bertz CT molecular complexity index is 864. The summed E-state index contributed by atoms with van der Waals surface area (Å²) in [5.74, 6) is 0.595. The highest BCUT2D eigenvalue weighted by Crippen LogP contribution is 2.29. The molecule has 1 aromatic carbocycles. The van der Waals surface area contributed by atoms with E-state index in [9.17, 15) is 4.79 Å². The molecule has 1 atom stereocenters. The summed E-state index contributed by atoms with van der Waals surface area (Å²) in [6.07, 6.45) is 6.02. The Kier molecular flexibility index (Phi) is 4.16. The fourth-order valence-electron chi connectivity index (χ4n) is 3.06. The lowest BCUT2D eigenvalue weighted by Crippen LogP contribution is -2.34. The molecule has 3 aromatic rings. The third-order valence-corrected chi connectivity index (χ3v) is 4.25. The molecule has 0 unspecified atom stereocenters. The van der Waals surface area contributed by atoms with Crippen molar-refractivity contribution in [3.63, 3.8) is 0 Å². The van der Waals surface area contributed by atoms with Crippen molar-refractivity contribution in [2.75, 3.05) is 0 Å². The average molecular weight is 335 g/mol. The van der Waals surface area contributed by atoms with E-state index in [1.54, 1.807) is 0 Å². The average Bonchev–Trinajstić information content (AvgIpc) is 3.15. The summed E-state index contributed by atoms with van der Waals surface area (Å²) in [5, 5.41) is 13.8. The van der Waals surface area contributed by atoms with E-state index in [2.05, 4.69) is 25.8 Å². The minimum absolute atomic E-state index is 0.0717. The van der Waals surface area contributed by atoms with Crippen LogP contribution in [0.15, 0.2) is 42.9 Å². The summed E-state index contributed by atoms with van der Waals surface area (Å²) >= 11 is 0. The van der Waals surface area contributed by atoms with Crippen LogP contribution in [0.2, 0.25) is 0 Å². The molecule has 0 aliphatic heterocycles. The first kappa shape index (κ1) is 15.4. The second-order valence-corrected chi connectivity index (χ2v) is 5.98. The van der Waals surface area contributed by atoms with E-state index in [0.717, 1.165) is 41.9 Å². The molecule has 1 amide bonds. The van der Waals surface area contributed by atoms with Gasteiger partial charge in [0.2, 0.25) is 5.91 Å². The number of nitrogens with one attached hydrogen (secondary N) is 1. The number of aromatic nitrogens is 6. The van der Waals surface area contributed by atoms with E-state index in [1.165, 1.54) is 11.0 Å². The molecule has 0 radical (unpaired) electrons. The summed E-state index contributed by atoms with van der Waals surface area (Å²) in [4.78, 5) is 21.4. The topological polar surface area (TPSA) is 98.5 Å². The standard InChI is InChI=1S/C17H17N7O/c25-16(10-24-11-19-22-23-24)20-14-7-4-8-15-13(14)9-18-17(21-15)12-5-2-1-3-6-12/h1-3,5-6,9,11,14H,4,7-8,10H2,(H,20,25)/t14-/m1/s1. The first-order valence-electron chi connectivity index (χ1n) is 8.21. The number of tetrazole rings is 1. The number of carbonyl (C=O) groups excluding carboxylic acids is 1. The fraction of sp³-hybridized carbons (Fsp3) is 0.294. The molecular weight excluding hydrogens is 318 g/mol. The molecule has 0 fully saturated rings. The molecule has 2 heterocycles. The maximum Gasteiger partial charge on any atom is 0.242 e. The van der Waals surface area contributed by atoms with Crippen molar-refractivity contribution in [3.8, 4) is 11.4 Å². The van der Waals surface area contributed by atoms with Crippen LogP contribution in [-0.4, -0.2) is 36.1 Å². The highest BCUT2D eigenvalue weighted by molar-refractivity contribution is 5.76. The van der Waals surface area contributed by atoms with Gasteiger partial charge in [-0.05, 0) is 29.7 Å². The van der Waals surface area contributed by atoms with Crippen molar-refractivity contribution >= 4 is 5.91 Å². The molecule has 1 N–H and O–H groups in total. The van der Waals surface area contributed by atoms with Gasteiger partial charge in [-0.15, -0.1) is 5.10 Å². The third-order valence-electron chi connectivity index (χ3n) is 4.25. The Labute approximate surface area is 144 Å². The molecule has 4 rings (SSSR count). The SMILES string of the molecule is O=C(Cn1cnnn1)N[C@@H]1CCCc2nc(-c3ccccc3)ncc21. The molecule has 25 heavy (non-hydrogen) atoms. The zero-order valence-electron chi connectivity index (χ0n) is 13.5. The normalized spacial score (nSPS) is 16.2. The Morgan fingerprint density at radius 3 is 2.96 bits per heavy atom. The summed E-state index contributed by atoms with van der Waals surface area (Å²) in [6.45, 7) is 0.0990. The molecule has 126 valence electrons. The van der Waals surface area contributed by atoms with E-state index in [1.807, 2.05) is 36.5 Å². The molecule has 1 aliphatic rings. The zero-order chi connectivity index (χ0) is 17.1. The van der Waals surface area contributed by atoms with Crippen LogP contribution in [0.3, 0.4) is 0 Å². The van der Waals surface area contributed by atoms with E-state index in [4.69, 9.17) is 4.98 Å². The van der Waals surface area contributed by atoms with Crippen molar-refractivity contribution in [2.45, 2.75) is 31.8 Å². The molecule has 1 aliphatic carbocycles. The Balaban J connectivity index is 1.53. The molecule has 0 saturated heterocycles. The lowest BCUT2D eigenvalue weighted by molar-refractivity contribution is -0.122. The van der Waals surface area contributed by atoms with E-state index < -0.39 is 0 Å². The number of benzene rings is 1. The van der Waals surface area contributed by atoms with Gasteiger partial charge in [0.25, 0.3) is 0 Å². The molecule has 0 saturated carbocycles. The van der Waals surface area contributed by atoms with Gasteiger partial charge in [0, 0.05) is 23.0 Å². The van der Waals surface area contributed by atoms with Gasteiger partial charge < -0.3 is 5.32 Å². The van der Waals surface area contributed by atoms with Crippen LogP contribution in [0.1, 0.15) is 30.1 Å². The van der Waals surface area contributed by atoms with Crippen LogP contribution < -0.4 is 5.32 Å². The van der Waals surface area contributed by atoms with E-state index in [-0.39, 0.29) is 18.5 Å². The van der Waals surface area contributed by atoms with Crippen LogP contribution in [0.5, 0.6) is 0 Å².